The minimum absolute atomic E-state index is 0.00767. The lowest BCUT2D eigenvalue weighted by molar-refractivity contribution is -0.128. The van der Waals surface area contributed by atoms with E-state index in [0.29, 0.717) is 18.3 Å². The number of hydrogen-bond donors (Lipinski definition) is 3. The topological polar surface area (TPSA) is 75.3 Å². The second-order valence-corrected chi connectivity index (χ2v) is 6.28. The number of aliphatic hydroxyl groups excluding tert-OH is 1. The molecule has 4 nitrogen and oxygen atoms in total. The molecule has 4 heteroatoms. The molecule has 0 aromatic heterocycles. The summed E-state index contributed by atoms with van der Waals surface area (Å²) < 4.78 is 0. The quantitative estimate of drug-likeness (QED) is 0.675. The predicted molar refractivity (Wildman–Crippen MR) is 66.2 cm³/mol. The van der Waals surface area contributed by atoms with Crippen molar-refractivity contribution in [2.45, 2.75) is 51.1 Å². The van der Waals surface area contributed by atoms with Gasteiger partial charge in [-0.15, -0.1) is 0 Å². The molecule has 2 bridgehead atoms. The number of fused-ring (bicyclic) bond motifs is 2. The molecule has 0 spiro atoms. The summed E-state index contributed by atoms with van der Waals surface area (Å²) in [6.07, 6.45) is 4.04. The van der Waals surface area contributed by atoms with E-state index in [1.807, 2.05) is 13.8 Å². The van der Waals surface area contributed by atoms with E-state index in [9.17, 15) is 4.79 Å². The third kappa shape index (κ3) is 2.47. The van der Waals surface area contributed by atoms with E-state index in [4.69, 9.17) is 10.8 Å². The standard InChI is InChI=1S/C13H24N2O2/c1-13(2,5-6-16)15-12(17)10-8-3-4-9(7-8)11(10)14/h8-11,16H,3-7,14H2,1-2H3,(H,15,17). The van der Waals surface area contributed by atoms with Crippen molar-refractivity contribution in [3.05, 3.63) is 0 Å². The van der Waals surface area contributed by atoms with Crippen LogP contribution in [0.1, 0.15) is 39.5 Å². The Balaban J connectivity index is 1.97. The van der Waals surface area contributed by atoms with Gasteiger partial charge in [0, 0.05) is 18.2 Å². The summed E-state index contributed by atoms with van der Waals surface area (Å²) in [6.45, 7) is 3.98. The molecule has 4 atom stereocenters. The smallest absolute Gasteiger partial charge is 0.225 e. The molecule has 0 saturated heterocycles. The van der Waals surface area contributed by atoms with Gasteiger partial charge in [0.15, 0.2) is 0 Å². The van der Waals surface area contributed by atoms with Gasteiger partial charge in [-0.05, 0) is 51.4 Å². The SMILES string of the molecule is CC(C)(CCO)NC(=O)C1C2CCC(C2)C1N. The second-order valence-electron chi connectivity index (χ2n) is 6.28. The normalized spacial score (nSPS) is 36.2. The van der Waals surface area contributed by atoms with Crippen LogP contribution in [0.4, 0.5) is 0 Å². The molecule has 1 amide bonds. The molecule has 0 aromatic carbocycles. The Morgan fingerprint density at radius 2 is 2.06 bits per heavy atom. The van der Waals surface area contributed by atoms with Crippen molar-refractivity contribution < 1.29 is 9.90 Å². The Labute approximate surface area is 103 Å². The average molecular weight is 240 g/mol. The minimum atomic E-state index is -0.340. The predicted octanol–water partition coefficient (Wildman–Crippen LogP) is 0.637. The van der Waals surface area contributed by atoms with Gasteiger partial charge in [0.05, 0.1) is 5.92 Å². The maximum atomic E-state index is 12.3. The Kier molecular flexibility index (Phi) is 3.46. The van der Waals surface area contributed by atoms with Crippen molar-refractivity contribution in [1.29, 1.82) is 0 Å². The molecule has 0 heterocycles. The Morgan fingerprint density at radius 3 is 2.59 bits per heavy atom. The third-order valence-corrected chi connectivity index (χ3v) is 4.48. The number of nitrogens with one attached hydrogen (secondary N) is 1. The van der Waals surface area contributed by atoms with E-state index in [1.165, 1.54) is 6.42 Å². The number of amides is 1. The van der Waals surface area contributed by atoms with Crippen molar-refractivity contribution in [2.24, 2.45) is 23.5 Å². The highest BCUT2D eigenvalue weighted by molar-refractivity contribution is 5.81. The maximum Gasteiger partial charge on any atom is 0.225 e. The van der Waals surface area contributed by atoms with Crippen LogP contribution in [0, 0.1) is 17.8 Å². The fourth-order valence-corrected chi connectivity index (χ4v) is 3.48. The zero-order valence-corrected chi connectivity index (χ0v) is 10.8. The van der Waals surface area contributed by atoms with Crippen LogP contribution in [-0.4, -0.2) is 29.2 Å². The minimum Gasteiger partial charge on any atom is -0.396 e. The van der Waals surface area contributed by atoms with Gasteiger partial charge in [-0.3, -0.25) is 4.79 Å². The fraction of sp³-hybridized carbons (Fsp3) is 0.923. The highest BCUT2D eigenvalue weighted by Crippen LogP contribution is 2.47. The molecule has 0 aliphatic heterocycles. The van der Waals surface area contributed by atoms with E-state index in [-0.39, 0.29) is 30.0 Å². The van der Waals surface area contributed by atoms with E-state index in [0.717, 1.165) is 12.8 Å². The number of carbonyl (C=O) groups is 1. The maximum absolute atomic E-state index is 12.3. The summed E-state index contributed by atoms with van der Waals surface area (Å²) in [7, 11) is 0. The molecule has 2 rings (SSSR count). The lowest BCUT2D eigenvalue weighted by Gasteiger charge is -2.32. The molecule has 2 fully saturated rings. The number of hydrogen-bond acceptors (Lipinski definition) is 3. The summed E-state index contributed by atoms with van der Waals surface area (Å²) in [4.78, 5) is 12.3. The van der Waals surface area contributed by atoms with Gasteiger partial charge < -0.3 is 16.2 Å². The van der Waals surface area contributed by atoms with E-state index >= 15 is 0 Å². The van der Waals surface area contributed by atoms with Gasteiger partial charge >= 0.3 is 0 Å². The van der Waals surface area contributed by atoms with Crippen LogP contribution in [0.3, 0.4) is 0 Å². The fourth-order valence-electron chi connectivity index (χ4n) is 3.48. The van der Waals surface area contributed by atoms with E-state index in [1.54, 1.807) is 0 Å². The van der Waals surface area contributed by atoms with Crippen molar-refractivity contribution in [1.82, 2.24) is 5.32 Å². The number of nitrogens with two attached hydrogens (primary N) is 1. The molecule has 2 aliphatic rings. The van der Waals surface area contributed by atoms with Crippen LogP contribution in [0.25, 0.3) is 0 Å². The van der Waals surface area contributed by atoms with Crippen LogP contribution in [0.5, 0.6) is 0 Å². The summed E-state index contributed by atoms with van der Waals surface area (Å²) in [5, 5.41) is 12.0. The molecule has 17 heavy (non-hydrogen) atoms. The molecule has 0 aromatic rings. The third-order valence-electron chi connectivity index (χ3n) is 4.48. The Morgan fingerprint density at radius 1 is 1.41 bits per heavy atom. The monoisotopic (exact) mass is 240 g/mol. The van der Waals surface area contributed by atoms with Crippen molar-refractivity contribution in [2.75, 3.05) is 6.61 Å². The second kappa shape index (κ2) is 4.58. The number of carbonyl (C=O) groups excluding carboxylic acids is 1. The lowest BCUT2D eigenvalue weighted by Crippen LogP contribution is -2.52. The van der Waals surface area contributed by atoms with Crippen molar-refractivity contribution in [3.63, 3.8) is 0 Å². The highest BCUT2D eigenvalue weighted by atomic mass is 16.3. The summed E-state index contributed by atoms with van der Waals surface area (Å²) in [5.41, 5.74) is 5.81. The average Bonchev–Trinajstić information content (AvgIpc) is 2.75. The highest BCUT2D eigenvalue weighted by Gasteiger charge is 2.49. The molecule has 2 saturated carbocycles. The first-order valence-corrected chi connectivity index (χ1v) is 6.63. The molecule has 2 aliphatic carbocycles. The molecule has 4 N–H and O–H groups in total. The zero-order valence-electron chi connectivity index (χ0n) is 10.8. The first-order chi connectivity index (χ1) is 7.94. The first kappa shape index (κ1) is 12.8. The molecule has 0 radical (unpaired) electrons. The molecular weight excluding hydrogens is 216 g/mol. The van der Waals surface area contributed by atoms with Crippen molar-refractivity contribution >= 4 is 5.91 Å². The summed E-state index contributed by atoms with van der Waals surface area (Å²) >= 11 is 0. The van der Waals surface area contributed by atoms with Gasteiger partial charge in [0.1, 0.15) is 0 Å². The van der Waals surface area contributed by atoms with Gasteiger partial charge in [0.25, 0.3) is 0 Å². The van der Waals surface area contributed by atoms with Gasteiger partial charge in [-0.1, -0.05) is 0 Å². The van der Waals surface area contributed by atoms with Crippen LogP contribution in [0.15, 0.2) is 0 Å². The molecule has 98 valence electrons. The largest absolute Gasteiger partial charge is 0.396 e. The summed E-state index contributed by atoms with van der Waals surface area (Å²) in [5.74, 6) is 1.12. The van der Waals surface area contributed by atoms with Gasteiger partial charge in [-0.25, -0.2) is 0 Å². The zero-order chi connectivity index (χ0) is 12.6. The summed E-state index contributed by atoms with van der Waals surface area (Å²) in [6, 6.07) is 0.0404. The number of rotatable bonds is 4. The van der Waals surface area contributed by atoms with Crippen LogP contribution in [-0.2, 0) is 4.79 Å². The van der Waals surface area contributed by atoms with E-state index in [2.05, 4.69) is 5.32 Å². The Bertz CT molecular complexity index is 302. The van der Waals surface area contributed by atoms with Crippen molar-refractivity contribution in [3.8, 4) is 0 Å². The molecule has 4 unspecified atom stereocenters. The number of aliphatic hydroxyl groups is 1. The lowest BCUT2D eigenvalue weighted by atomic mass is 9.83. The van der Waals surface area contributed by atoms with Crippen LogP contribution in [0.2, 0.25) is 0 Å². The van der Waals surface area contributed by atoms with Gasteiger partial charge in [-0.2, -0.15) is 0 Å². The Hall–Kier alpha value is -0.610. The van der Waals surface area contributed by atoms with Crippen LogP contribution < -0.4 is 11.1 Å². The molecular formula is C13H24N2O2. The first-order valence-electron chi connectivity index (χ1n) is 6.63. The van der Waals surface area contributed by atoms with E-state index < -0.39 is 0 Å². The van der Waals surface area contributed by atoms with Gasteiger partial charge in [0.2, 0.25) is 5.91 Å². The van der Waals surface area contributed by atoms with Crippen LogP contribution >= 0.6 is 0 Å².